The van der Waals surface area contributed by atoms with Crippen molar-refractivity contribution in [3.05, 3.63) is 84.4 Å². The van der Waals surface area contributed by atoms with E-state index in [2.05, 4.69) is 11.6 Å². The monoisotopic (exact) mass is 362 g/mol. The van der Waals surface area contributed by atoms with Crippen molar-refractivity contribution in [3.63, 3.8) is 0 Å². The summed E-state index contributed by atoms with van der Waals surface area (Å²) in [6, 6.07) is 24.0. The fourth-order valence-electron chi connectivity index (χ4n) is 2.53. The van der Waals surface area contributed by atoms with Crippen LogP contribution in [0.2, 0.25) is 0 Å². The molecule has 0 spiro atoms. The number of hydrogen-bond acceptors (Lipinski definition) is 3. The summed E-state index contributed by atoms with van der Waals surface area (Å²) in [5.74, 6) is 4.49. The second kappa shape index (κ2) is 7.95. The maximum absolute atomic E-state index is 13.9. The molecular formula is C22H19O3P. The highest BCUT2D eigenvalue weighted by molar-refractivity contribution is 7.83. The molecule has 0 fully saturated rings. The molecule has 3 rings (SSSR count). The summed E-state index contributed by atoms with van der Waals surface area (Å²) in [5.41, 5.74) is 3.87. The van der Waals surface area contributed by atoms with E-state index in [9.17, 15) is 4.57 Å². The Kier molecular flexibility index (Phi) is 5.46. The summed E-state index contributed by atoms with van der Waals surface area (Å²) < 4.78 is 24.3. The molecule has 0 radical (unpaired) electrons. The highest BCUT2D eigenvalue weighted by atomic mass is 31.2. The molecule has 0 unspecified atom stereocenters. The first-order valence-corrected chi connectivity index (χ1v) is 9.84. The standard InChI is InChI=1S/C22H19O3P/c1-24-19-8-12-21(13-9-19)26(23,17-16-18-6-4-3-5-7-18)22-14-10-20(25-2)11-15-22/h3-15H,1-2H3. The van der Waals surface area contributed by atoms with Crippen LogP contribution in [0.5, 0.6) is 11.5 Å². The molecule has 0 heterocycles. The smallest absolute Gasteiger partial charge is 0.211 e. The lowest BCUT2D eigenvalue weighted by Crippen LogP contribution is -2.14. The fourth-order valence-corrected chi connectivity index (χ4v) is 4.51. The van der Waals surface area contributed by atoms with E-state index in [4.69, 9.17) is 9.47 Å². The predicted octanol–water partition coefficient (Wildman–Crippen LogP) is 4.03. The molecule has 3 aromatic carbocycles. The van der Waals surface area contributed by atoms with Crippen LogP contribution in [-0.2, 0) is 4.57 Å². The molecule has 130 valence electrons. The molecule has 0 aliphatic rings. The van der Waals surface area contributed by atoms with Gasteiger partial charge in [0.05, 0.1) is 14.2 Å². The van der Waals surface area contributed by atoms with E-state index in [0.29, 0.717) is 22.1 Å². The lowest BCUT2D eigenvalue weighted by Gasteiger charge is -2.14. The molecule has 0 atom stereocenters. The molecule has 0 saturated carbocycles. The third-order valence-electron chi connectivity index (χ3n) is 4.00. The van der Waals surface area contributed by atoms with Crippen LogP contribution in [0.4, 0.5) is 0 Å². The molecule has 0 aromatic heterocycles. The summed E-state index contributed by atoms with van der Waals surface area (Å²) in [7, 11) is 0.0865. The van der Waals surface area contributed by atoms with Crippen LogP contribution in [0.1, 0.15) is 5.56 Å². The van der Waals surface area contributed by atoms with E-state index in [1.165, 1.54) is 0 Å². The van der Waals surface area contributed by atoms with Crippen molar-refractivity contribution in [2.24, 2.45) is 0 Å². The molecule has 0 amide bonds. The van der Waals surface area contributed by atoms with Crippen molar-refractivity contribution < 1.29 is 14.0 Å². The Balaban J connectivity index is 2.10. The third kappa shape index (κ3) is 3.82. The van der Waals surface area contributed by atoms with Gasteiger partial charge in [-0.2, -0.15) is 0 Å². The maximum atomic E-state index is 13.9. The van der Waals surface area contributed by atoms with Gasteiger partial charge in [0.1, 0.15) is 11.5 Å². The molecule has 0 bridgehead atoms. The van der Waals surface area contributed by atoms with Crippen molar-refractivity contribution >= 4 is 17.8 Å². The largest absolute Gasteiger partial charge is 0.497 e. The Morgan fingerprint density at radius 2 is 1.15 bits per heavy atom. The lowest BCUT2D eigenvalue weighted by molar-refractivity contribution is 0.415. The fraction of sp³-hybridized carbons (Fsp3) is 0.0909. The van der Waals surface area contributed by atoms with Gasteiger partial charge in [-0.1, -0.05) is 24.1 Å². The average Bonchev–Trinajstić information content (AvgIpc) is 2.73. The number of rotatable bonds is 4. The van der Waals surface area contributed by atoms with Crippen LogP contribution < -0.4 is 20.1 Å². The Hall–Kier alpha value is -2.95. The van der Waals surface area contributed by atoms with Gasteiger partial charge in [-0.15, -0.1) is 0 Å². The molecule has 0 aliphatic heterocycles. The van der Waals surface area contributed by atoms with Gasteiger partial charge in [0.15, 0.2) is 0 Å². The van der Waals surface area contributed by atoms with Crippen LogP contribution >= 0.6 is 7.14 Å². The summed E-state index contributed by atoms with van der Waals surface area (Å²) >= 11 is 0. The van der Waals surface area contributed by atoms with E-state index in [0.717, 1.165) is 5.56 Å². The number of methoxy groups -OCH3 is 2. The van der Waals surface area contributed by atoms with Gasteiger partial charge in [-0.25, -0.2) is 0 Å². The minimum absolute atomic E-state index is 0.673. The van der Waals surface area contributed by atoms with E-state index >= 15 is 0 Å². The number of hydrogen-bond donors (Lipinski definition) is 0. The van der Waals surface area contributed by atoms with E-state index in [-0.39, 0.29) is 0 Å². The van der Waals surface area contributed by atoms with Gasteiger partial charge in [0.25, 0.3) is 0 Å². The van der Waals surface area contributed by atoms with Crippen LogP contribution in [0.3, 0.4) is 0 Å². The Bertz CT molecular complexity index is 914. The molecule has 26 heavy (non-hydrogen) atoms. The summed E-state index contributed by atoms with van der Waals surface area (Å²) in [6.45, 7) is 0. The van der Waals surface area contributed by atoms with Crippen LogP contribution in [0.25, 0.3) is 0 Å². The van der Waals surface area contributed by atoms with Gasteiger partial charge in [0, 0.05) is 16.2 Å². The van der Waals surface area contributed by atoms with Gasteiger partial charge in [0.2, 0.25) is 7.14 Å². The van der Waals surface area contributed by atoms with Crippen LogP contribution in [-0.4, -0.2) is 14.2 Å². The second-order valence-corrected chi connectivity index (χ2v) is 8.08. The molecular weight excluding hydrogens is 343 g/mol. The highest BCUT2D eigenvalue weighted by Crippen LogP contribution is 2.42. The van der Waals surface area contributed by atoms with Gasteiger partial charge in [-0.05, 0) is 66.3 Å². The Morgan fingerprint density at radius 3 is 1.58 bits per heavy atom. The molecule has 3 nitrogen and oxygen atoms in total. The SMILES string of the molecule is COc1ccc(P(=O)(C#Cc2ccccc2)c2ccc(OC)cc2)cc1. The Morgan fingerprint density at radius 1 is 0.692 bits per heavy atom. The maximum Gasteiger partial charge on any atom is 0.211 e. The van der Waals surface area contributed by atoms with Crippen LogP contribution in [0, 0.1) is 11.6 Å². The van der Waals surface area contributed by atoms with Crippen molar-refractivity contribution in [2.75, 3.05) is 14.2 Å². The molecule has 0 aliphatic carbocycles. The molecule has 4 heteroatoms. The zero-order valence-electron chi connectivity index (χ0n) is 14.7. The normalized spacial score (nSPS) is 10.5. The van der Waals surface area contributed by atoms with Gasteiger partial charge < -0.3 is 9.47 Å². The first-order chi connectivity index (χ1) is 12.7. The minimum Gasteiger partial charge on any atom is -0.497 e. The van der Waals surface area contributed by atoms with Crippen molar-refractivity contribution in [3.8, 4) is 23.1 Å². The lowest BCUT2D eigenvalue weighted by atomic mass is 10.2. The van der Waals surface area contributed by atoms with Crippen molar-refractivity contribution in [1.29, 1.82) is 0 Å². The van der Waals surface area contributed by atoms with E-state index < -0.39 is 7.14 Å². The Labute approximate surface area is 154 Å². The van der Waals surface area contributed by atoms with Crippen LogP contribution in [0.15, 0.2) is 78.9 Å². The number of ether oxygens (including phenoxy) is 2. The summed E-state index contributed by atoms with van der Waals surface area (Å²) in [5, 5.41) is 1.35. The number of benzene rings is 3. The molecule has 0 saturated heterocycles. The summed E-state index contributed by atoms with van der Waals surface area (Å²) in [4.78, 5) is 0. The van der Waals surface area contributed by atoms with Crippen molar-refractivity contribution in [1.82, 2.24) is 0 Å². The molecule has 0 N–H and O–H groups in total. The predicted molar refractivity (Wildman–Crippen MR) is 106 cm³/mol. The van der Waals surface area contributed by atoms with Crippen molar-refractivity contribution in [2.45, 2.75) is 0 Å². The zero-order chi connectivity index (χ0) is 18.4. The highest BCUT2D eigenvalue weighted by Gasteiger charge is 2.25. The third-order valence-corrected chi connectivity index (χ3v) is 6.48. The van der Waals surface area contributed by atoms with Gasteiger partial charge >= 0.3 is 0 Å². The first-order valence-electron chi connectivity index (χ1n) is 8.13. The van der Waals surface area contributed by atoms with Gasteiger partial charge in [-0.3, -0.25) is 4.57 Å². The zero-order valence-corrected chi connectivity index (χ0v) is 15.6. The van der Waals surface area contributed by atoms with E-state index in [1.807, 2.05) is 54.6 Å². The quantitative estimate of drug-likeness (QED) is 0.519. The minimum atomic E-state index is -3.12. The van der Waals surface area contributed by atoms with E-state index in [1.54, 1.807) is 38.5 Å². The average molecular weight is 362 g/mol. The summed E-state index contributed by atoms with van der Waals surface area (Å²) in [6.07, 6.45) is 0. The topological polar surface area (TPSA) is 35.5 Å². The second-order valence-electron chi connectivity index (χ2n) is 5.61. The molecule has 3 aromatic rings. The first kappa shape index (κ1) is 17.9.